The van der Waals surface area contributed by atoms with E-state index < -0.39 is 0 Å². The van der Waals surface area contributed by atoms with Crippen molar-refractivity contribution >= 4 is 0 Å². The maximum atomic E-state index is 5.86. The minimum atomic E-state index is -0.339. The zero-order chi connectivity index (χ0) is 11.1. The van der Waals surface area contributed by atoms with Gasteiger partial charge in [-0.25, -0.2) is 0 Å². The first kappa shape index (κ1) is 12.3. The smallest absolute Gasteiger partial charge is 0.107 e. The molecule has 1 heteroatoms. The second-order valence-corrected chi connectivity index (χ2v) is 4.20. The summed E-state index contributed by atoms with van der Waals surface area (Å²) in [6.45, 7) is 12.1. The van der Waals surface area contributed by atoms with Gasteiger partial charge in [-0.05, 0) is 18.8 Å². The first-order chi connectivity index (χ1) is 7.29. The third-order valence-corrected chi connectivity index (χ3v) is 3.33. The Hall–Kier alpha value is -0.820. The molecule has 1 fully saturated rings. The molecule has 0 saturated heterocycles. The highest BCUT2D eigenvalue weighted by molar-refractivity contribution is 5.14. The average Bonchev–Trinajstić information content (AvgIpc) is 2.33. The molecule has 0 spiro atoms. The van der Waals surface area contributed by atoms with Gasteiger partial charge in [-0.1, -0.05) is 50.6 Å². The van der Waals surface area contributed by atoms with Gasteiger partial charge in [0.05, 0.1) is 6.61 Å². The molecule has 1 aliphatic rings. The minimum absolute atomic E-state index is 0.339. The number of ether oxygens (including phenoxy) is 1. The lowest BCUT2D eigenvalue weighted by Crippen LogP contribution is -2.38. The second kappa shape index (κ2) is 5.92. The molecule has 1 aliphatic carbocycles. The van der Waals surface area contributed by atoms with Crippen LogP contribution in [0.3, 0.4) is 0 Å². The molecule has 0 unspecified atom stereocenters. The third-order valence-electron chi connectivity index (χ3n) is 3.33. The normalized spacial score (nSPS) is 18.4. The summed E-state index contributed by atoms with van der Waals surface area (Å²) in [4.78, 5) is 0. The molecular weight excluding hydrogens is 184 g/mol. The molecule has 0 heterocycles. The fourth-order valence-corrected chi connectivity index (χ4v) is 2.41. The maximum Gasteiger partial charge on any atom is 0.107 e. The molecule has 0 bridgehead atoms. The largest absolute Gasteiger partial charge is 0.362 e. The molecule has 0 radical (unpaired) electrons. The quantitative estimate of drug-likeness (QED) is 0.599. The summed E-state index contributed by atoms with van der Waals surface area (Å²) in [6.07, 6.45) is 12.0. The van der Waals surface area contributed by atoms with Gasteiger partial charge in [0.1, 0.15) is 5.60 Å². The van der Waals surface area contributed by atoms with Gasteiger partial charge in [0.2, 0.25) is 0 Å². The van der Waals surface area contributed by atoms with E-state index in [0.717, 1.165) is 0 Å². The Morgan fingerprint density at radius 1 is 1.07 bits per heavy atom. The Morgan fingerprint density at radius 3 is 2.13 bits per heavy atom. The van der Waals surface area contributed by atoms with Gasteiger partial charge in [-0.2, -0.15) is 0 Å². The van der Waals surface area contributed by atoms with Gasteiger partial charge >= 0.3 is 0 Å². The summed E-state index contributed by atoms with van der Waals surface area (Å²) in [5, 5.41) is 0. The molecule has 0 aromatic heterocycles. The maximum absolute atomic E-state index is 5.86. The van der Waals surface area contributed by atoms with E-state index in [1.807, 2.05) is 12.2 Å². The van der Waals surface area contributed by atoms with Gasteiger partial charge in [0, 0.05) is 0 Å². The lowest BCUT2D eigenvalue weighted by molar-refractivity contribution is -0.0114. The van der Waals surface area contributed by atoms with Crippen molar-refractivity contribution in [1.29, 1.82) is 0 Å². The average molecular weight is 206 g/mol. The molecule has 0 aromatic rings. The number of rotatable bonds is 6. The van der Waals surface area contributed by atoms with Crippen molar-refractivity contribution in [1.82, 2.24) is 0 Å². The highest BCUT2D eigenvalue weighted by Gasteiger charge is 2.34. The monoisotopic (exact) mass is 206 g/mol. The molecule has 15 heavy (non-hydrogen) atoms. The van der Waals surface area contributed by atoms with Crippen LogP contribution in [0.15, 0.2) is 38.0 Å². The molecule has 1 saturated carbocycles. The van der Waals surface area contributed by atoms with Crippen LogP contribution in [-0.4, -0.2) is 12.2 Å². The molecule has 0 aromatic carbocycles. The second-order valence-electron chi connectivity index (χ2n) is 4.20. The van der Waals surface area contributed by atoms with E-state index in [9.17, 15) is 0 Å². The third kappa shape index (κ3) is 2.82. The van der Waals surface area contributed by atoms with E-state index in [0.29, 0.717) is 12.5 Å². The van der Waals surface area contributed by atoms with E-state index in [-0.39, 0.29) is 5.60 Å². The van der Waals surface area contributed by atoms with Gasteiger partial charge in [-0.15, -0.1) is 6.58 Å². The molecule has 1 nitrogen and oxygen atoms in total. The molecule has 84 valence electrons. The van der Waals surface area contributed by atoms with Crippen LogP contribution in [0.25, 0.3) is 0 Å². The molecule has 1 rings (SSSR count). The Kier molecular flexibility index (Phi) is 4.83. The van der Waals surface area contributed by atoms with Crippen LogP contribution in [0.1, 0.15) is 32.1 Å². The van der Waals surface area contributed by atoms with Crippen LogP contribution >= 0.6 is 0 Å². The van der Waals surface area contributed by atoms with Crippen molar-refractivity contribution in [3.63, 3.8) is 0 Å². The fraction of sp³-hybridized carbons (Fsp3) is 0.571. The van der Waals surface area contributed by atoms with Crippen LogP contribution in [0.4, 0.5) is 0 Å². The predicted octanol–water partition coefficient (Wildman–Crippen LogP) is 3.88. The van der Waals surface area contributed by atoms with Crippen molar-refractivity contribution < 1.29 is 4.74 Å². The predicted molar refractivity (Wildman–Crippen MR) is 65.8 cm³/mol. The first-order valence-electron chi connectivity index (χ1n) is 5.81. The molecular formula is C14H22O. The summed E-state index contributed by atoms with van der Waals surface area (Å²) in [6, 6.07) is 0. The van der Waals surface area contributed by atoms with Crippen LogP contribution in [0, 0.1) is 5.92 Å². The molecule has 0 atom stereocenters. The molecule has 0 amide bonds. The van der Waals surface area contributed by atoms with Crippen LogP contribution in [0.5, 0.6) is 0 Å². The Balaban J connectivity index is 2.72. The zero-order valence-electron chi connectivity index (χ0n) is 9.58. The van der Waals surface area contributed by atoms with Crippen molar-refractivity contribution in [3.05, 3.63) is 38.0 Å². The Labute approximate surface area is 93.5 Å². The van der Waals surface area contributed by atoms with E-state index in [4.69, 9.17) is 4.74 Å². The van der Waals surface area contributed by atoms with E-state index in [1.165, 1.54) is 32.1 Å². The zero-order valence-corrected chi connectivity index (χ0v) is 9.58. The summed E-state index contributed by atoms with van der Waals surface area (Å²) in [5.74, 6) is 0.543. The van der Waals surface area contributed by atoms with Crippen LogP contribution in [-0.2, 0) is 4.74 Å². The molecule has 0 N–H and O–H groups in total. The van der Waals surface area contributed by atoms with Gasteiger partial charge < -0.3 is 4.74 Å². The van der Waals surface area contributed by atoms with Crippen LogP contribution < -0.4 is 0 Å². The minimum Gasteiger partial charge on any atom is -0.362 e. The van der Waals surface area contributed by atoms with Crippen LogP contribution in [0.2, 0.25) is 0 Å². The lowest BCUT2D eigenvalue weighted by Gasteiger charge is -2.37. The molecule has 0 aliphatic heterocycles. The van der Waals surface area contributed by atoms with Crippen molar-refractivity contribution in [2.24, 2.45) is 5.92 Å². The summed E-state index contributed by atoms with van der Waals surface area (Å²) >= 11 is 0. The van der Waals surface area contributed by atoms with E-state index in [2.05, 4.69) is 19.7 Å². The number of hydrogen-bond donors (Lipinski definition) is 0. The van der Waals surface area contributed by atoms with Crippen molar-refractivity contribution in [2.75, 3.05) is 6.61 Å². The van der Waals surface area contributed by atoms with Crippen molar-refractivity contribution in [2.45, 2.75) is 37.7 Å². The Morgan fingerprint density at radius 2 is 1.67 bits per heavy atom. The summed E-state index contributed by atoms with van der Waals surface area (Å²) in [5.41, 5.74) is -0.339. The van der Waals surface area contributed by atoms with Gasteiger partial charge in [0.15, 0.2) is 0 Å². The highest BCUT2D eigenvalue weighted by atomic mass is 16.5. The summed E-state index contributed by atoms with van der Waals surface area (Å²) < 4.78 is 5.86. The first-order valence-corrected chi connectivity index (χ1v) is 5.81. The van der Waals surface area contributed by atoms with E-state index >= 15 is 0 Å². The van der Waals surface area contributed by atoms with Crippen molar-refractivity contribution in [3.8, 4) is 0 Å². The fourth-order valence-electron chi connectivity index (χ4n) is 2.41. The lowest BCUT2D eigenvalue weighted by atomic mass is 9.76. The van der Waals surface area contributed by atoms with Gasteiger partial charge in [0.25, 0.3) is 0 Å². The SMILES string of the molecule is C=CCOC(C=C)(C=C)C1CCCCC1. The highest BCUT2D eigenvalue weighted by Crippen LogP contribution is 2.36. The van der Waals surface area contributed by atoms with E-state index in [1.54, 1.807) is 6.08 Å². The summed E-state index contributed by atoms with van der Waals surface area (Å²) in [7, 11) is 0. The van der Waals surface area contributed by atoms with Gasteiger partial charge in [-0.3, -0.25) is 0 Å². The topological polar surface area (TPSA) is 9.23 Å². The Bertz CT molecular complexity index is 215. The number of hydrogen-bond acceptors (Lipinski definition) is 1. The standard InChI is InChI=1S/C14H22O/c1-4-12-15-14(5-2,6-3)13-10-8-7-9-11-13/h4-6,13H,1-3,7-12H2.